The van der Waals surface area contributed by atoms with Crippen LogP contribution in [0.4, 0.5) is 10.1 Å². The second-order valence-corrected chi connectivity index (χ2v) is 12.1. The van der Waals surface area contributed by atoms with E-state index in [0.29, 0.717) is 14.9 Å². The normalized spacial score (nSPS) is 15.0. The molecule has 8 nitrogen and oxygen atoms in total. The second kappa shape index (κ2) is 12.4. The number of rotatable bonds is 10. The Morgan fingerprint density at radius 2 is 1.73 bits per heavy atom. The largest absolute Gasteiger partial charge is 0.352 e. The first-order valence-corrected chi connectivity index (χ1v) is 14.1. The topological polar surface area (TPSA) is 90.0 Å². The first-order chi connectivity index (χ1) is 17.4. The van der Waals surface area contributed by atoms with E-state index < -0.39 is 34.5 Å². The fourth-order valence-electron chi connectivity index (χ4n) is 4.17. The molecule has 1 atom stereocenters. The molecule has 2 aromatic rings. The predicted molar refractivity (Wildman–Crippen MR) is 143 cm³/mol. The molecular formula is C25H31Cl2FN4O4S. The molecule has 1 aliphatic rings. The van der Waals surface area contributed by atoms with Crippen molar-refractivity contribution in [2.24, 2.45) is 0 Å². The molecule has 0 saturated heterocycles. The van der Waals surface area contributed by atoms with Crippen LogP contribution < -0.4 is 9.62 Å². The van der Waals surface area contributed by atoms with Gasteiger partial charge in [0.05, 0.1) is 15.7 Å². The maximum Gasteiger partial charge on any atom is 0.304 e. The Hall–Kier alpha value is -2.40. The molecular weight excluding hydrogens is 542 g/mol. The average Bonchev–Trinajstić information content (AvgIpc) is 3.36. The van der Waals surface area contributed by atoms with Crippen LogP contribution in [0.1, 0.15) is 38.2 Å². The highest BCUT2D eigenvalue weighted by Gasteiger charge is 2.34. The highest BCUT2D eigenvalue weighted by molar-refractivity contribution is 7.90. The molecule has 0 bridgehead atoms. The molecule has 37 heavy (non-hydrogen) atoms. The van der Waals surface area contributed by atoms with E-state index in [1.807, 2.05) is 0 Å². The molecule has 2 aromatic carbocycles. The minimum absolute atomic E-state index is 0.0286. The van der Waals surface area contributed by atoms with Gasteiger partial charge in [-0.3, -0.25) is 9.59 Å². The summed E-state index contributed by atoms with van der Waals surface area (Å²) >= 11 is 12.2. The van der Waals surface area contributed by atoms with Crippen molar-refractivity contribution in [2.75, 3.05) is 24.9 Å². The first-order valence-electron chi connectivity index (χ1n) is 11.9. The van der Waals surface area contributed by atoms with E-state index in [9.17, 15) is 22.4 Å². The molecule has 3 rings (SSSR count). The first kappa shape index (κ1) is 29.2. The summed E-state index contributed by atoms with van der Waals surface area (Å²) in [4.78, 5) is 28.1. The standard InChI is InChI=1S/C25H31Cl2FN4O4S/c1-17(25(34)29-19-8-4-5-9-19)31(15-18-12-13-20(26)21(27)14-18)24(33)16-32(37(35,36)30(2)3)23-11-7-6-10-22(23)28/h6-7,10-14,17,19H,4-5,8-9,15-16H2,1-3H3,(H,29,34)/t17-/m0/s1. The number of amides is 2. The fourth-order valence-corrected chi connectivity index (χ4v) is 5.55. The minimum Gasteiger partial charge on any atom is -0.352 e. The van der Waals surface area contributed by atoms with Crippen molar-refractivity contribution in [1.29, 1.82) is 0 Å². The van der Waals surface area contributed by atoms with Crippen LogP contribution in [0.5, 0.6) is 0 Å². The van der Waals surface area contributed by atoms with E-state index in [2.05, 4.69) is 5.32 Å². The summed E-state index contributed by atoms with van der Waals surface area (Å²) in [6.45, 7) is 0.819. The lowest BCUT2D eigenvalue weighted by atomic mass is 10.1. The Labute approximate surface area is 227 Å². The van der Waals surface area contributed by atoms with Crippen molar-refractivity contribution in [3.8, 4) is 0 Å². The van der Waals surface area contributed by atoms with Gasteiger partial charge in [-0.15, -0.1) is 0 Å². The molecule has 1 fully saturated rings. The van der Waals surface area contributed by atoms with Crippen LogP contribution in [0.15, 0.2) is 42.5 Å². The van der Waals surface area contributed by atoms with Crippen LogP contribution in [-0.2, 0) is 26.3 Å². The van der Waals surface area contributed by atoms with Gasteiger partial charge in [-0.1, -0.05) is 54.2 Å². The molecule has 12 heteroatoms. The van der Waals surface area contributed by atoms with Crippen LogP contribution in [0.25, 0.3) is 0 Å². The number of halogens is 3. The minimum atomic E-state index is -4.25. The zero-order valence-corrected chi connectivity index (χ0v) is 23.3. The molecule has 0 radical (unpaired) electrons. The van der Waals surface area contributed by atoms with Crippen LogP contribution in [0, 0.1) is 5.82 Å². The molecule has 0 aromatic heterocycles. The lowest BCUT2D eigenvalue weighted by molar-refractivity contribution is -0.139. The van der Waals surface area contributed by atoms with Crippen LogP contribution in [0.2, 0.25) is 10.0 Å². The van der Waals surface area contributed by atoms with Gasteiger partial charge in [0.2, 0.25) is 11.8 Å². The maximum absolute atomic E-state index is 14.7. The number of carbonyl (C=O) groups is 2. The quantitative estimate of drug-likeness (QED) is 0.461. The van der Waals surface area contributed by atoms with E-state index in [0.717, 1.165) is 36.1 Å². The maximum atomic E-state index is 14.7. The van der Waals surface area contributed by atoms with E-state index >= 15 is 0 Å². The number of anilines is 1. The second-order valence-electron chi connectivity index (χ2n) is 9.18. The van der Waals surface area contributed by atoms with E-state index in [-0.39, 0.29) is 29.2 Å². The lowest BCUT2D eigenvalue weighted by Gasteiger charge is -2.33. The van der Waals surface area contributed by atoms with Crippen LogP contribution >= 0.6 is 23.2 Å². The monoisotopic (exact) mass is 572 g/mol. The third-order valence-corrected chi connectivity index (χ3v) is 8.89. The van der Waals surface area contributed by atoms with Gasteiger partial charge < -0.3 is 10.2 Å². The molecule has 0 aliphatic heterocycles. The highest BCUT2D eigenvalue weighted by atomic mass is 35.5. The Kier molecular flexibility index (Phi) is 9.80. The summed E-state index contributed by atoms with van der Waals surface area (Å²) < 4.78 is 42.5. The highest BCUT2D eigenvalue weighted by Crippen LogP contribution is 2.26. The number of hydrogen-bond acceptors (Lipinski definition) is 4. The van der Waals surface area contributed by atoms with Gasteiger partial charge in [0, 0.05) is 26.7 Å². The Morgan fingerprint density at radius 1 is 1.08 bits per heavy atom. The van der Waals surface area contributed by atoms with Crippen molar-refractivity contribution in [1.82, 2.24) is 14.5 Å². The number of benzene rings is 2. The zero-order chi connectivity index (χ0) is 27.3. The van der Waals surface area contributed by atoms with Gasteiger partial charge >= 0.3 is 10.2 Å². The van der Waals surface area contributed by atoms with Gasteiger partial charge in [0.1, 0.15) is 18.4 Å². The lowest BCUT2D eigenvalue weighted by Crippen LogP contribution is -2.53. The summed E-state index contributed by atoms with van der Waals surface area (Å²) in [6.07, 6.45) is 3.76. The summed E-state index contributed by atoms with van der Waals surface area (Å²) in [5, 5.41) is 3.59. The predicted octanol–water partition coefficient (Wildman–Crippen LogP) is 4.22. The molecule has 202 valence electrons. The van der Waals surface area contributed by atoms with Gasteiger partial charge in [-0.05, 0) is 49.6 Å². The smallest absolute Gasteiger partial charge is 0.304 e. The van der Waals surface area contributed by atoms with Gasteiger partial charge in [-0.2, -0.15) is 12.7 Å². The van der Waals surface area contributed by atoms with E-state index in [1.165, 1.54) is 37.2 Å². The van der Waals surface area contributed by atoms with Gasteiger partial charge in [-0.25, -0.2) is 8.70 Å². The molecule has 1 aliphatic carbocycles. The third kappa shape index (κ3) is 7.13. The third-order valence-electron chi connectivity index (χ3n) is 6.35. The van der Waals surface area contributed by atoms with Crippen molar-refractivity contribution in [3.63, 3.8) is 0 Å². The van der Waals surface area contributed by atoms with Crippen LogP contribution in [-0.4, -0.2) is 62.2 Å². The fraction of sp³-hybridized carbons (Fsp3) is 0.440. The molecule has 0 spiro atoms. The number of hydrogen-bond donors (Lipinski definition) is 1. The molecule has 1 N–H and O–H groups in total. The summed E-state index contributed by atoms with van der Waals surface area (Å²) in [5.74, 6) is -1.84. The number of para-hydroxylation sites is 1. The molecule has 2 amide bonds. The summed E-state index contributed by atoms with van der Waals surface area (Å²) in [6, 6.07) is 9.21. The zero-order valence-electron chi connectivity index (χ0n) is 21.0. The molecule has 0 unspecified atom stereocenters. The van der Waals surface area contributed by atoms with Crippen molar-refractivity contribution in [2.45, 2.75) is 51.2 Å². The van der Waals surface area contributed by atoms with Crippen LogP contribution in [0.3, 0.4) is 0 Å². The Bertz CT molecular complexity index is 1240. The number of carbonyl (C=O) groups excluding carboxylic acids is 2. The number of nitrogens with zero attached hydrogens (tertiary/aromatic N) is 3. The van der Waals surface area contributed by atoms with Crippen molar-refractivity contribution < 1.29 is 22.4 Å². The number of nitrogens with one attached hydrogen (secondary N) is 1. The average molecular weight is 574 g/mol. The summed E-state index contributed by atoms with van der Waals surface area (Å²) in [7, 11) is -1.67. The van der Waals surface area contributed by atoms with E-state index in [1.54, 1.807) is 25.1 Å². The summed E-state index contributed by atoms with van der Waals surface area (Å²) in [5.41, 5.74) is 0.318. The SMILES string of the molecule is C[C@@H](C(=O)NC1CCCC1)N(Cc1ccc(Cl)c(Cl)c1)C(=O)CN(c1ccccc1F)S(=O)(=O)N(C)C. The van der Waals surface area contributed by atoms with Gasteiger partial charge in [0.25, 0.3) is 0 Å². The Morgan fingerprint density at radius 3 is 2.32 bits per heavy atom. The van der Waals surface area contributed by atoms with Gasteiger partial charge in [0.15, 0.2) is 0 Å². The van der Waals surface area contributed by atoms with E-state index in [4.69, 9.17) is 23.2 Å². The molecule has 1 saturated carbocycles. The van der Waals surface area contributed by atoms with Crippen molar-refractivity contribution in [3.05, 3.63) is 63.9 Å². The van der Waals surface area contributed by atoms with Crippen molar-refractivity contribution >= 4 is 50.9 Å². The molecule has 0 heterocycles. The Balaban J connectivity index is 1.95.